The standard InChI is InChI=1S/C15H28N4O/c1-6-11-19-13(12-16-17-19)14(20)15(7-2,8-3)18(9-4)10-5/h12H,6-11H2,1-5H3. The molecule has 0 spiro atoms. The Morgan fingerprint density at radius 1 is 1.20 bits per heavy atom. The van der Waals surface area contributed by atoms with Gasteiger partial charge in [-0.1, -0.05) is 39.8 Å². The minimum absolute atomic E-state index is 0.157. The number of Topliss-reactive ketones (excluding diaryl/α,β-unsaturated/α-hetero) is 1. The molecule has 0 aliphatic carbocycles. The van der Waals surface area contributed by atoms with Gasteiger partial charge in [-0.25, -0.2) is 4.68 Å². The zero-order valence-electron chi connectivity index (χ0n) is 13.5. The van der Waals surface area contributed by atoms with Crippen molar-refractivity contribution < 1.29 is 4.79 Å². The van der Waals surface area contributed by atoms with Gasteiger partial charge in [0, 0.05) is 6.54 Å². The lowest BCUT2D eigenvalue weighted by molar-refractivity contribution is 0.0523. The topological polar surface area (TPSA) is 51.0 Å². The number of rotatable bonds is 9. The molecule has 0 aliphatic rings. The quantitative estimate of drug-likeness (QED) is 0.653. The van der Waals surface area contributed by atoms with E-state index in [0.717, 1.165) is 38.9 Å². The van der Waals surface area contributed by atoms with Crippen molar-refractivity contribution in [3.8, 4) is 0 Å². The van der Waals surface area contributed by atoms with E-state index in [1.807, 2.05) is 0 Å². The van der Waals surface area contributed by atoms with Gasteiger partial charge in [-0.2, -0.15) is 0 Å². The van der Waals surface area contributed by atoms with Gasteiger partial charge in [0.25, 0.3) is 0 Å². The average molecular weight is 280 g/mol. The molecule has 20 heavy (non-hydrogen) atoms. The predicted molar refractivity (Wildman–Crippen MR) is 80.9 cm³/mol. The summed E-state index contributed by atoms with van der Waals surface area (Å²) < 4.78 is 1.74. The van der Waals surface area contributed by atoms with Gasteiger partial charge in [0.15, 0.2) is 0 Å². The molecule has 0 fully saturated rings. The molecule has 0 saturated carbocycles. The van der Waals surface area contributed by atoms with E-state index >= 15 is 0 Å². The molecule has 0 aromatic carbocycles. The first kappa shape index (κ1) is 16.8. The third kappa shape index (κ3) is 2.92. The molecule has 5 heteroatoms. The monoisotopic (exact) mass is 280 g/mol. The molecular weight excluding hydrogens is 252 g/mol. The summed E-state index contributed by atoms with van der Waals surface area (Å²) in [5.74, 6) is 0.157. The van der Waals surface area contributed by atoms with Gasteiger partial charge in [-0.05, 0) is 32.4 Å². The van der Waals surface area contributed by atoms with Crippen molar-refractivity contribution in [3.05, 3.63) is 11.9 Å². The number of hydrogen-bond donors (Lipinski definition) is 0. The van der Waals surface area contributed by atoms with Crippen LogP contribution in [0.3, 0.4) is 0 Å². The molecule has 0 N–H and O–H groups in total. The summed E-state index contributed by atoms with van der Waals surface area (Å²) in [5.41, 5.74) is 0.207. The molecule has 0 aliphatic heterocycles. The molecule has 0 radical (unpaired) electrons. The highest BCUT2D eigenvalue weighted by molar-refractivity contribution is 6.01. The second-order valence-corrected chi connectivity index (χ2v) is 5.08. The lowest BCUT2D eigenvalue weighted by Gasteiger charge is -2.40. The van der Waals surface area contributed by atoms with Crippen LogP contribution in [0.4, 0.5) is 0 Å². The van der Waals surface area contributed by atoms with Crippen molar-refractivity contribution >= 4 is 5.78 Å². The van der Waals surface area contributed by atoms with E-state index in [1.54, 1.807) is 10.9 Å². The highest BCUT2D eigenvalue weighted by Crippen LogP contribution is 2.28. The summed E-state index contributed by atoms with van der Waals surface area (Å²) in [6.07, 6.45) is 4.17. The summed E-state index contributed by atoms with van der Waals surface area (Å²) in [7, 11) is 0. The summed E-state index contributed by atoms with van der Waals surface area (Å²) in [6.45, 7) is 13.0. The number of carbonyl (C=O) groups excluding carboxylic acids is 1. The summed E-state index contributed by atoms with van der Waals surface area (Å²) in [6, 6.07) is 0. The first-order chi connectivity index (χ1) is 9.61. The van der Waals surface area contributed by atoms with E-state index in [2.05, 4.69) is 49.8 Å². The fourth-order valence-electron chi connectivity index (χ4n) is 3.04. The van der Waals surface area contributed by atoms with Gasteiger partial charge >= 0.3 is 0 Å². The summed E-state index contributed by atoms with van der Waals surface area (Å²) >= 11 is 0. The first-order valence-corrected chi connectivity index (χ1v) is 7.79. The number of likely N-dealkylation sites (N-methyl/N-ethyl adjacent to an activating group) is 1. The minimum atomic E-state index is -0.434. The SMILES string of the molecule is CCCn1nncc1C(=O)C(CC)(CC)N(CC)CC. The van der Waals surface area contributed by atoms with Gasteiger partial charge in [-0.3, -0.25) is 9.69 Å². The van der Waals surface area contributed by atoms with Crippen LogP contribution in [0.15, 0.2) is 6.20 Å². The van der Waals surface area contributed by atoms with Gasteiger partial charge in [-0.15, -0.1) is 5.10 Å². The molecule has 1 heterocycles. The number of hydrogen-bond acceptors (Lipinski definition) is 4. The van der Waals surface area contributed by atoms with Crippen molar-refractivity contribution in [1.29, 1.82) is 0 Å². The number of aromatic nitrogens is 3. The Morgan fingerprint density at radius 3 is 2.25 bits per heavy atom. The van der Waals surface area contributed by atoms with Crippen LogP contribution in [0.5, 0.6) is 0 Å². The van der Waals surface area contributed by atoms with E-state index < -0.39 is 5.54 Å². The van der Waals surface area contributed by atoms with Crippen LogP contribution in [0, 0.1) is 0 Å². The molecule has 0 amide bonds. The first-order valence-electron chi connectivity index (χ1n) is 7.79. The molecule has 0 atom stereocenters. The van der Waals surface area contributed by atoms with Gasteiger partial charge in [0.1, 0.15) is 5.69 Å². The van der Waals surface area contributed by atoms with Gasteiger partial charge in [0.05, 0.1) is 11.7 Å². The third-order valence-corrected chi connectivity index (χ3v) is 4.25. The maximum atomic E-state index is 13.1. The maximum absolute atomic E-state index is 13.1. The lowest BCUT2D eigenvalue weighted by atomic mass is 9.84. The molecule has 1 rings (SSSR count). The molecule has 5 nitrogen and oxygen atoms in total. The number of aryl methyl sites for hydroxylation is 1. The fraction of sp³-hybridized carbons (Fsp3) is 0.800. The molecule has 0 unspecified atom stereocenters. The Morgan fingerprint density at radius 2 is 1.80 bits per heavy atom. The Kier molecular flexibility index (Phi) is 6.33. The molecule has 1 aromatic heterocycles. The van der Waals surface area contributed by atoms with Crippen LogP contribution in [0.25, 0.3) is 0 Å². The third-order valence-electron chi connectivity index (χ3n) is 4.25. The smallest absolute Gasteiger partial charge is 0.202 e. The number of carbonyl (C=O) groups is 1. The van der Waals surface area contributed by atoms with E-state index in [9.17, 15) is 4.79 Å². The highest BCUT2D eigenvalue weighted by atomic mass is 16.1. The Labute approximate surface area is 122 Å². The van der Waals surface area contributed by atoms with Crippen LogP contribution >= 0.6 is 0 Å². The molecule has 1 aromatic rings. The van der Waals surface area contributed by atoms with E-state index in [0.29, 0.717) is 5.69 Å². The maximum Gasteiger partial charge on any atom is 0.202 e. The molecule has 0 bridgehead atoms. The lowest BCUT2D eigenvalue weighted by Crippen LogP contribution is -2.54. The van der Waals surface area contributed by atoms with Crippen molar-refractivity contribution in [3.63, 3.8) is 0 Å². The van der Waals surface area contributed by atoms with Crippen molar-refractivity contribution in [2.24, 2.45) is 0 Å². The number of nitrogens with zero attached hydrogens (tertiary/aromatic N) is 4. The van der Waals surface area contributed by atoms with Crippen LogP contribution in [-0.4, -0.2) is 44.3 Å². The Balaban J connectivity index is 3.20. The van der Waals surface area contributed by atoms with Crippen LogP contribution in [-0.2, 0) is 6.54 Å². The molecule has 114 valence electrons. The Bertz CT molecular complexity index is 419. The molecule has 0 saturated heterocycles. The van der Waals surface area contributed by atoms with Gasteiger partial charge in [0.2, 0.25) is 5.78 Å². The largest absolute Gasteiger partial charge is 0.291 e. The van der Waals surface area contributed by atoms with E-state index in [4.69, 9.17) is 0 Å². The van der Waals surface area contributed by atoms with Crippen LogP contribution in [0.2, 0.25) is 0 Å². The average Bonchev–Trinajstić information content (AvgIpc) is 2.92. The minimum Gasteiger partial charge on any atom is -0.291 e. The normalized spacial score (nSPS) is 12.1. The van der Waals surface area contributed by atoms with Crippen LogP contribution in [0.1, 0.15) is 64.4 Å². The van der Waals surface area contributed by atoms with Gasteiger partial charge < -0.3 is 0 Å². The fourth-order valence-corrected chi connectivity index (χ4v) is 3.04. The highest BCUT2D eigenvalue weighted by Gasteiger charge is 2.41. The second-order valence-electron chi connectivity index (χ2n) is 5.08. The summed E-state index contributed by atoms with van der Waals surface area (Å²) in [5, 5.41) is 7.98. The number of ketones is 1. The van der Waals surface area contributed by atoms with Crippen molar-refractivity contribution in [2.45, 2.75) is 66.0 Å². The summed E-state index contributed by atoms with van der Waals surface area (Å²) in [4.78, 5) is 15.4. The zero-order chi connectivity index (χ0) is 15.2. The van der Waals surface area contributed by atoms with Crippen molar-refractivity contribution in [2.75, 3.05) is 13.1 Å². The van der Waals surface area contributed by atoms with E-state index in [-0.39, 0.29) is 5.78 Å². The van der Waals surface area contributed by atoms with E-state index in [1.165, 1.54) is 0 Å². The van der Waals surface area contributed by atoms with Crippen molar-refractivity contribution in [1.82, 2.24) is 19.9 Å². The predicted octanol–water partition coefficient (Wildman–Crippen LogP) is 2.77. The van der Waals surface area contributed by atoms with Crippen LogP contribution < -0.4 is 0 Å². The second kappa shape index (κ2) is 7.53. The molecular formula is C15H28N4O. The zero-order valence-corrected chi connectivity index (χ0v) is 13.5. The Hall–Kier alpha value is -1.23.